The van der Waals surface area contributed by atoms with E-state index in [1.807, 2.05) is 42.5 Å². The van der Waals surface area contributed by atoms with Gasteiger partial charge in [0, 0.05) is 22.7 Å². The molecule has 136 valence electrons. The van der Waals surface area contributed by atoms with Gasteiger partial charge in [-0.2, -0.15) is 0 Å². The van der Waals surface area contributed by atoms with Gasteiger partial charge in [0.25, 0.3) is 5.91 Å². The van der Waals surface area contributed by atoms with Gasteiger partial charge in [-0.15, -0.1) is 0 Å². The fourth-order valence-electron chi connectivity index (χ4n) is 3.03. The number of aromatic nitrogens is 1. The summed E-state index contributed by atoms with van der Waals surface area (Å²) >= 11 is 6.37. The second-order valence-corrected chi connectivity index (χ2v) is 8.03. The summed E-state index contributed by atoms with van der Waals surface area (Å²) in [6.07, 6.45) is 3.96. The molecule has 1 aromatic heterocycles. The maximum Gasteiger partial charge on any atom is 0.263 e. The maximum atomic E-state index is 12.0. The fourth-order valence-corrected chi connectivity index (χ4v) is 4.07. The predicted octanol–water partition coefficient (Wildman–Crippen LogP) is 4.52. The van der Waals surface area contributed by atoms with E-state index in [0.29, 0.717) is 15.8 Å². The number of aryl methyl sites for hydroxylation is 1. The minimum atomic E-state index is -0.135. The minimum absolute atomic E-state index is 0.135. The topological polar surface area (TPSA) is 43.3 Å². The zero-order chi connectivity index (χ0) is 18.8. The Kier molecular flexibility index (Phi) is 5.01. The van der Waals surface area contributed by atoms with Crippen molar-refractivity contribution in [3.63, 3.8) is 0 Å². The van der Waals surface area contributed by atoms with E-state index < -0.39 is 0 Å². The molecule has 0 unspecified atom stereocenters. The van der Waals surface area contributed by atoms with E-state index in [1.54, 1.807) is 0 Å². The summed E-state index contributed by atoms with van der Waals surface area (Å²) in [6, 6.07) is 16.2. The molecule has 0 aliphatic carbocycles. The van der Waals surface area contributed by atoms with E-state index in [4.69, 9.17) is 17.0 Å². The Morgan fingerprint density at radius 2 is 1.96 bits per heavy atom. The van der Waals surface area contributed by atoms with Gasteiger partial charge in [-0.05, 0) is 31.2 Å². The number of benzene rings is 2. The zero-order valence-electron chi connectivity index (χ0n) is 14.8. The Bertz CT molecular complexity index is 1050. The number of fused-ring (bicyclic) bond motifs is 1. The molecule has 2 heterocycles. The molecule has 3 aromatic rings. The molecule has 2 aromatic carbocycles. The van der Waals surface area contributed by atoms with E-state index in [0.717, 1.165) is 28.8 Å². The van der Waals surface area contributed by atoms with Crippen LogP contribution in [0.4, 0.5) is 0 Å². The largest absolute Gasteiger partial charge is 0.492 e. The highest BCUT2D eigenvalue weighted by Gasteiger charge is 2.22. The van der Waals surface area contributed by atoms with Gasteiger partial charge in [0.15, 0.2) is 0 Å². The third-order valence-corrected chi connectivity index (χ3v) is 5.53. The lowest BCUT2D eigenvalue weighted by Crippen LogP contribution is -2.17. The van der Waals surface area contributed by atoms with Crippen LogP contribution in [0.2, 0.25) is 0 Å². The van der Waals surface area contributed by atoms with Crippen LogP contribution in [0.15, 0.2) is 59.6 Å². The molecule has 1 fully saturated rings. The molecule has 4 nitrogen and oxygen atoms in total. The standard InChI is InChI=1S/C21H18N2O2S2/c1-14-6-8-16(9-7-14)25-11-10-23-13-15(17-4-2-3-5-18(17)23)12-19-20(24)22-21(26)27-19/h2-9,12-13H,10-11H2,1H3,(H,22,24,26). The summed E-state index contributed by atoms with van der Waals surface area (Å²) in [5.41, 5.74) is 3.33. The lowest BCUT2D eigenvalue weighted by molar-refractivity contribution is -0.115. The van der Waals surface area contributed by atoms with Crippen molar-refractivity contribution in [3.05, 3.63) is 70.8 Å². The Labute approximate surface area is 167 Å². The van der Waals surface area contributed by atoms with Crippen LogP contribution in [0.3, 0.4) is 0 Å². The first-order chi connectivity index (χ1) is 13.1. The fraction of sp³-hybridized carbons (Fsp3) is 0.143. The van der Waals surface area contributed by atoms with Crippen molar-refractivity contribution in [2.45, 2.75) is 13.5 Å². The number of amides is 1. The van der Waals surface area contributed by atoms with Gasteiger partial charge < -0.3 is 14.6 Å². The summed E-state index contributed by atoms with van der Waals surface area (Å²) in [5.74, 6) is 0.733. The van der Waals surface area contributed by atoms with Crippen LogP contribution >= 0.6 is 24.0 Å². The Hall–Kier alpha value is -2.57. The van der Waals surface area contributed by atoms with Gasteiger partial charge in [0.1, 0.15) is 16.7 Å². The Morgan fingerprint density at radius 3 is 2.70 bits per heavy atom. The van der Waals surface area contributed by atoms with Crippen LogP contribution in [0.1, 0.15) is 11.1 Å². The number of thioether (sulfide) groups is 1. The number of ether oxygens (including phenoxy) is 1. The highest BCUT2D eigenvalue weighted by Crippen LogP contribution is 2.29. The molecule has 0 radical (unpaired) electrons. The highest BCUT2D eigenvalue weighted by molar-refractivity contribution is 8.26. The van der Waals surface area contributed by atoms with Crippen LogP contribution in [-0.4, -0.2) is 21.4 Å². The van der Waals surface area contributed by atoms with Crippen molar-refractivity contribution in [3.8, 4) is 5.75 Å². The molecule has 1 amide bonds. The minimum Gasteiger partial charge on any atom is -0.492 e. The number of nitrogens with one attached hydrogen (secondary N) is 1. The monoisotopic (exact) mass is 394 g/mol. The van der Waals surface area contributed by atoms with Crippen LogP contribution in [0.25, 0.3) is 17.0 Å². The Balaban J connectivity index is 1.56. The number of hydrogen-bond donors (Lipinski definition) is 1. The molecule has 1 aliphatic heterocycles. The molecular weight excluding hydrogens is 376 g/mol. The average molecular weight is 395 g/mol. The first kappa shape index (κ1) is 17.8. The first-order valence-corrected chi connectivity index (χ1v) is 9.85. The number of nitrogens with zero attached hydrogens (tertiary/aromatic N) is 1. The van der Waals surface area contributed by atoms with Gasteiger partial charge in [-0.25, -0.2) is 0 Å². The molecule has 4 rings (SSSR count). The molecule has 1 N–H and O–H groups in total. The second kappa shape index (κ2) is 7.58. The van der Waals surface area contributed by atoms with E-state index in [-0.39, 0.29) is 5.91 Å². The summed E-state index contributed by atoms with van der Waals surface area (Å²) in [4.78, 5) is 12.6. The second-order valence-electron chi connectivity index (χ2n) is 6.31. The normalized spacial score (nSPS) is 15.5. The molecule has 1 saturated heterocycles. The molecule has 6 heteroatoms. The number of thiocarbonyl (C=S) groups is 1. The highest BCUT2D eigenvalue weighted by atomic mass is 32.2. The number of carbonyl (C=O) groups excluding carboxylic acids is 1. The molecule has 0 saturated carbocycles. The molecule has 0 spiro atoms. The molecule has 1 aliphatic rings. The van der Waals surface area contributed by atoms with Crippen LogP contribution < -0.4 is 10.1 Å². The third kappa shape index (κ3) is 3.91. The first-order valence-electron chi connectivity index (χ1n) is 8.62. The van der Waals surface area contributed by atoms with Gasteiger partial charge in [0.2, 0.25) is 0 Å². The lowest BCUT2D eigenvalue weighted by atomic mass is 10.1. The average Bonchev–Trinajstić information content (AvgIpc) is 3.17. The summed E-state index contributed by atoms with van der Waals surface area (Å²) in [7, 11) is 0. The number of hydrogen-bond acceptors (Lipinski definition) is 4. The maximum absolute atomic E-state index is 12.0. The van der Waals surface area contributed by atoms with E-state index >= 15 is 0 Å². The van der Waals surface area contributed by atoms with Crippen molar-refractivity contribution in [1.82, 2.24) is 9.88 Å². The van der Waals surface area contributed by atoms with E-state index in [2.05, 4.69) is 35.1 Å². The van der Waals surface area contributed by atoms with Gasteiger partial charge >= 0.3 is 0 Å². The van der Waals surface area contributed by atoms with Gasteiger partial charge in [0.05, 0.1) is 11.4 Å². The van der Waals surface area contributed by atoms with E-state index in [9.17, 15) is 4.79 Å². The summed E-state index contributed by atoms with van der Waals surface area (Å²) in [5, 5.41) is 3.76. The molecular formula is C21H18N2O2S2. The molecule has 0 bridgehead atoms. The summed E-state index contributed by atoms with van der Waals surface area (Å²) < 4.78 is 8.53. The summed E-state index contributed by atoms with van der Waals surface area (Å²) in [6.45, 7) is 3.34. The number of carbonyl (C=O) groups is 1. The van der Waals surface area contributed by atoms with Gasteiger partial charge in [-0.3, -0.25) is 4.79 Å². The van der Waals surface area contributed by atoms with Crippen LogP contribution in [0, 0.1) is 6.92 Å². The molecule has 0 atom stereocenters. The van der Waals surface area contributed by atoms with Crippen LogP contribution in [-0.2, 0) is 11.3 Å². The lowest BCUT2D eigenvalue weighted by Gasteiger charge is -2.08. The van der Waals surface area contributed by atoms with Crippen molar-refractivity contribution in [1.29, 1.82) is 0 Å². The van der Waals surface area contributed by atoms with Gasteiger partial charge in [-0.1, -0.05) is 59.9 Å². The predicted molar refractivity (Wildman–Crippen MR) is 115 cm³/mol. The quantitative estimate of drug-likeness (QED) is 0.510. The van der Waals surface area contributed by atoms with Crippen molar-refractivity contribution in [2.24, 2.45) is 0 Å². The SMILES string of the molecule is Cc1ccc(OCCn2cc(C=C3SC(=S)NC3=O)c3ccccc32)cc1. The Morgan fingerprint density at radius 1 is 1.19 bits per heavy atom. The number of para-hydroxylation sites is 1. The molecule has 27 heavy (non-hydrogen) atoms. The van der Waals surface area contributed by atoms with Crippen molar-refractivity contribution in [2.75, 3.05) is 6.61 Å². The zero-order valence-corrected chi connectivity index (χ0v) is 16.4. The van der Waals surface area contributed by atoms with Crippen molar-refractivity contribution >= 4 is 51.2 Å². The van der Waals surface area contributed by atoms with Crippen molar-refractivity contribution < 1.29 is 9.53 Å². The van der Waals surface area contributed by atoms with E-state index in [1.165, 1.54) is 17.3 Å². The third-order valence-electron chi connectivity index (χ3n) is 4.37. The van der Waals surface area contributed by atoms with Crippen LogP contribution in [0.5, 0.6) is 5.75 Å². The number of rotatable bonds is 5. The smallest absolute Gasteiger partial charge is 0.263 e.